The van der Waals surface area contributed by atoms with Crippen molar-refractivity contribution in [2.24, 2.45) is 75.1 Å². The molecule has 0 unspecified atom stereocenters. The van der Waals surface area contributed by atoms with Crippen molar-refractivity contribution >= 4 is 84.4 Å². The average molecular weight is 1430 g/mol. The number of hydrogen-bond acceptors (Lipinski definition) is 15. The van der Waals surface area contributed by atoms with Gasteiger partial charge in [0.15, 0.2) is 0 Å². The molecule has 29 N–H and O–H groups in total. The van der Waals surface area contributed by atoms with Crippen LogP contribution in [0.5, 0.6) is 40.2 Å². The molecule has 0 aliphatic carbocycles. The van der Waals surface area contributed by atoms with Gasteiger partial charge in [0.2, 0.25) is 0 Å². The van der Waals surface area contributed by atoms with E-state index in [-0.39, 0.29) is 36.3 Å². The lowest BCUT2D eigenvalue weighted by Gasteiger charge is -2.07. The zero-order chi connectivity index (χ0) is 78.2. The number of benzene rings is 6. The standard InChI is InChI=1S/C12H21N3.C11H15N3O2.3C11H15N3O.2C10H13N3O/c1-10(2)5-4-6-11(3)7-8-15-9-12(13)14;1-7-9(15)3-8(4-10(7)16-2)5-14-6-11(12)13;1-8-3-4-9(5-10(8)15-2)6-14-7-11(12)13;1-2-15-10-5-3-9(4-6-10)7-14-8-11(12)13;1-2-9-4-3-8(5-10(9)15)6-14-7-11(12)13;1-14-9-4-2-8(3-5-9)6-13-7-10(11)12;1-14-9-5-3-2-4-8(9)6-13-7-10(11)12/h5,7-8H,4,6,9H2,1-3H3,(H3,13,14);3-5,15H,6H2,1-2H3,(H3,12,13);3-6H,7H2,1-2H3,(H3,12,13);3-7H,2,8H2,1H3,(H3,12,13);3-6,15H,2,7H2,1H3,(H3,12,13);2*2-6H,7H2,1H3,(H3,11,12)/p+6/b11-7+,15-8?;;;;;;. The van der Waals surface area contributed by atoms with Gasteiger partial charge >= 0.3 is 0 Å². The summed E-state index contributed by atoms with van der Waals surface area (Å²) in [5, 5.41) is 57.8. The van der Waals surface area contributed by atoms with E-state index in [0.29, 0.717) is 79.7 Å². The molecule has 0 aliphatic heterocycles. The Bertz CT molecular complexity index is 3910. The number of allylic oxidation sites excluding steroid dienone is 4. The van der Waals surface area contributed by atoms with Crippen molar-refractivity contribution in [1.29, 1.82) is 5.41 Å². The summed E-state index contributed by atoms with van der Waals surface area (Å²) in [5.74, 6) is 6.28. The largest absolute Gasteiger partial charge is 0.508 e. The molecule has 0 saturated carbocycles. The maximum absolute atomic E-state index is 9.62. The third kappa shape index (κ3) is 46.6. The lowest BCUT2D eigenvalue weighted by molar-refractivity contribution is -0.117. The van der Waals surface area contributed by atoms with Crippen LogP contribution in [0.3, 0.4) is 0 Å². The molecule has 104 heavy (non-hydrogen) atoms. The Balaban J connectivity index is 0.00000119. The third-order valence-electron chi connectivity index (χ3n) is 12.8. The molecule has 0 heterocycles. The minimum atomic E-state index is 0.0989. The average Bonchev–Trinajstić information content (AvgIpc) is 0.850. The molecule has 0 bridgehead atoms. The number of rotatable bonds is 31. The number of aryl methyl sites for hydroxylation is 2. The molecular weight excluding hydrogens is 1320 g/mol. The van der Waals surface area contributed by atoms with Gasteiger partial charge in [-0.1, -0.05) is 60.5 Å². The molecule has 0 fully saturated rings. The van der Waals surface area contributed by atoms with Gasteiger partial charge in [-0.05, 0) is 191 Å². The third-order valence-corrected chi connectivity index (χ3v) is 12.8. The SMILES string of the molecule is CC(C)=CCC/C(C)=C/C=NCC(=N)N.CCOc1ccc(C=NCC(N)=[NH2+])cc1.CCc1ccc(C=NCC(N)=[NH2+])cc1O.COc1cc(C=NCC(N)=[NH2+])cc(O)c1C.COc1cc(C=NCC(N)=[NH2+])ccc1C.COc1ccc(C=NCC(N)=[NH2+])cc1.COc1ccccc1C=NCC(N)=[NH2+]. The van der Waals surface area contributed by atoms with E-state index in [9.17, 15) is 10.2 Å². The van der Waals surface area contributed by atoms with Gasteiger partial charge in [0.1, 0.15) is 85.4 Å². The van der Waals surface area contributed by atoms with Crippen molar-refractivity contribution in [3.05, 3.63) is 195 Å². The molecular formula is C76H113N21O7+6. The van der Waals surface area contributed by atoms with Gasteiger partial charge in [-0.2, -0.15) is 0 Å². The maximum Gasteiger partial charge on any atom is 0.260 e. The summed E-state index contributed by atoms with van der Waals surface area (Å²) in [4.78, 5) is 28.3. The van der Waals surface area contributed by atoms with Crippen LogP contribution in [0.25, 0.3) is 0 Å². The number of nitrogens with one attached hydrogen (secondary N) is 1. The van der Waals surface area contributed by atoms with Crippen LogP contribution in [0.2, 0.25) is 0 Å². The number of methoxy groups -OCH3 is 4. The van der Waals surface area contributed by atoms with Crippen LogP contribution < -0.4 is 96.3 Å². The van der Waals surface area contributed by atoms with Crippen LogP contribution >= 0.6 is 0 Å². The van der Waals surface area contributed by atoms with Crippen molar-refractivity contribution in [2.75, 3.05) is 80.9 Å². The number of nitrogens with zero attached hydrogens (tertiary/aromatic N) is 7. The molecule has 0 spiro atoms. The fourth-order valence-electron chi connectivity index (χ4n) is 7.67. The normalized spacial score (nSPS) is 10.7. The first kappa shape index (κ1) is 91.4. The number of hydrogen-bond donors (Lipinski definition) is 16. The van der Waals surface area contributed by atoms with E-state index < -0.39 is 0 Å². The highest BCUT2D eigenvalue weighted by atomic mass is 16.5. The molecule has 558 valence electrons. The zero-order valence-corrected chi connectivity index (χ0v) is 62.1. The van der Waals surface area contributed by atoms with Crippen LogP contribution in [-0.2, 0) is 6.42 Å². The predicted octanol–water partition coefficient (Wildman–Crippen LogP) is -0.960. The Morgan fingerprint density at radius 3 is 1.30 bits per heavy atom. The van der Waals surface area contributed by atoms with Gasteiger partial charge in [-0.3, -0.25) is 107 Å². The fraction of sp³-hybridized carbons (Fsp3) is 0.289. The van der Waals surface area contributed by atoms with E-state index >= 15 is 0 Å². The van der Waals surface area contributed by atoms with Crippen molar-refractivity contribution in [3.63, 3.8) is 0 Å². The summed E-state index contributed by atoms with van der Waals surface area (Å²) in [6.45, 7) is 16.9. The first-order valence-electron chi connectivity index (χ1n) is 32.7. The van der Waals surface area contributed by atoms with Crippen LogP contribution in [0.1, 0.15) is 97.5 Å². The molecule has 6 aromatic rings. The topological polar surface area (TPSA) is 533 Å². The molecule has 0 aromatic heterocycles. The summed E-state index contributed by atoms with van der Waals surface area (Å²) in [6, 6.07) is 37.6. The second kappa shape index (κ2) is 55.2. The van der Waals surface area contributed by atoms with E-state index in [1.54, 1.807) is 97.1 Å². The quantitative estimate of drug-likeness (QED) is 0.0142. The molecule has 6 rings (SSSR count). The summed E-state index contributed by atoms with van der Waals surface area (Å²) in [6.07, 6.45) is 19.0. The number of nitrogens with two attached hydrogens (primary N) is 13. The number of ether oxygens (including phenoxy) is 5. The van der Waals surface area contributed by atoms with Crippen LogP contribution in [0.4, 0.5) is 0 Å². The maximum atomic E-state index is 9.62. The Labute approximate surface area is 612 Å². The smallest absolute Gasteiger partial charge is 0.260 e. The Morgan fingerprint density at radius 1 is 0.452 bits per heavy atom. The van der Waals surface area contributed by atoms with E-state index in [0.717, 1.165) is 86.8 Å². The van der Waals surface area contributed by atoms with Gasteiger partial charge in [0.25, 0.3) is 35.0 Å². The lowest BCUT2D eigenvalue weighted by Crippen LogP contribution is -2.47. The lowest BCUT2D eigenvalue weighted by atomic mass is 10.1. The number of phenols is 2. The predicted molar refractivity (Wildman–Crippen MR) is 427 cm³/mol. The minimum absolute atomic E-state index is 0.0989. The van der Waals surface area contributed by atoms with Crippen LogP contribution in [0, 0.1) is 19.3 Å². The van der Waals surface area contributed by atoms with Gasteiger partial charge in [0, 0.05) is 54.6 Å². The second-order valence-electron chi connectivity index (χ2n) is 22.5. The van der Waals surface area contributed by atoms with Crippen molar-refractivity contribution in [2.45, 2.75) is 67.7 Å². The molecule has 6 aromatic carbocycles. The van der Waals surface area contributed by atoms with E-state index in [2.05, 4.69) is 61.8 Å². The van der Waals surface area contributed by atoms with E-state index in [4.69, 9.17) is 102 Å². The summed E-state index contributed by atoms with van der Waals surface area (Å²) >= 11 is 0. The summed E-state index contributed by atoms with van der Waals surface area (Å²) in [5.41, 5.74) is 47.6. The molecule has 0 atom stereocenters. The molecule has 0 saturated heterocycles. The molecule has 0 amide bonds. The Hall–Kier alpha value is -12.6. The fourth-order valence-corrected chi connectivity index (χ4v) is 7.67. The number of aromatic hydroxyl groups is 2. The number of phenolic OH excluding ortho intramolecular Hbond substituents is 2. The van der Waals surface area contributed by atoms with Gasteiger partial charge in [-0.25, -0.2) is 0 Å². The highest BCUT2D eigenvalue weighted by Gasteiger charge is 2.07. The number of aliphatic imine (C=N–C) groups is 7. The number of amidine groups is 7. The van der Waals surface area contributed by atoms with Gasteiger partial charge in [0.05, 0.1) is 41.6 Å². The van der Waals surface area contributed by atoms with E-state index in [1.807, 2.05) is 130 Å². The molecule has 28 nitrogen and oxygen atoms in total. The second-order valence-corrected chi connectivity index (χ2v) is 22.5. The van der Waals surface area contributed by atoms with Crippen molar-refractivity contribution < 1.29 is 66.4 Å². The Morgan fingerprint density at radius 2 is 0.865 bits per heavy atom. The summed E-state index contributed by atoms with van der Waals surface area (Å²) < 4.78 is 25.8. The zero-order valence-electron chi connectivity index (χ0n) is 62.1. The van der Waals surface area contributed by atoms with Gasteiger partial charge in [-0.15, -0.1) is 0 Å². The highest BCUT2D eigenvalue weighted by molar-refractivity contribution is 5.89. The molecule has 0 radical (unpaired) electrons. The van der Waals surface area contributed by atoms with Gasteiger partial charge < -0.3 is 39.6 Å². The van der Waals surface area contributed by atoms with Crippen LogP contribution in [-0.4, -0.2) is 175 Å². The minimum Gasteiger partial charge on any atom is -0.508 e. The molecule has 0 aliphatic rings. The Kier molecular flexibility index (Phi) is 48.5. The van der Waals surface area contributed by atoms with Crippen LogP contribution in [0.15, 0.2) is 180 Å². The van der Waals surface area contributed by atoms with Crippen molar-refractivity contribution in [1.82, 2.24) is 0 Å². The first-order chi connectivity index (χ1) is 49.5. The number of para-hydroxylation sites is 1. The highest BCUT2D eigenvalue weighted by Crippen LogP contribution is 2.28. The van der Waals surface area contributed by atoms with Crippen molar-refractivity contribution in [3.8, 4) is 40.2 Å². The molecule has 28 heteroatoms. The monoisotopic (exact) mass is 1430 g/mol. The first-order valence-corrected chi connectivity index (χ1v) is 32.7. The van der Waals surface area contributed by atoms with E-state index in [1.165, 1.54) is 11.1 Å². The summed E-state index contributed by atoms with van der Waals surface area (Å²) in [7, 11) is 6.45.